The minimum Gasteiger partial charge on any atom is -0.324 e. The Morgan fingerprint density at radius 1 is 1.33 bits per heavy atom. The highest BCUT2D eigenvalue weighted by Crippen LogP contribution is 2.31. The van der Waals surface area contributed by atoms with Crippen LogP contribution < -0.4 is 5.73 Å². The van der Waals surface area contributed by atoms with Crippen LogP contribution in [0.2, 0.25) is 5.02 Å². The highest BCUT2D eigenvalue weighted by Gasteiger charge is 2.07. The third-order valence-electron chi connectivity index (χ3n) is 2.39. The quantitative estimate of drug-likeness (QED) is 0.880. The molecule has 0 radical (unpaired) electrons. The Kier molecular flexibility index (Phi) is 4.67. The monoisotopic (exact) mass is 342 g/mol. The minimum absolute atomic E-state index is 0.0534. The maximum absolute atomic E-state index is 6.19. The van der Waals surface area contributed by atoms with E-state index in [-0.39, 0.29) is 6.04 Å². The molecule has 0 amide bonds. The number of pyridine rings is 1. The molecular weight excluding hydrogens is 332 g/mol. The first-order chi connectivity index (χ1) is 8.56. The second kappa shape index (κ2) is 6.06. The summed E-state index contributed by atoms with van der Waals surface area (Å²) in [6.07, 6.45) is 1.78. The predicted octanol–water partition coefficient (Wildman–Crippen LogP) is 4.67. The normalized spacial score (nSPS) is 12.4. The SMILES string of the molecule is CC(N)c1ccc(Sc2ccc(Br)cn2)cc1Cl. The molecule has 1 aromatic carbocycles. The van der Waals surface area contributed by atoms with Crippen LogP contribution in [0.1, 0.15) is 18.5 Å². The van der Waals surface area contributed by atoms with Gasteiger partial charge in [-0.05, 0) is 52.7 Å². The minimum atomic E-state index is -0.0534. The summed E-state index contributed by atoms with van der Waals surface area (Å²) < 4.78 is 0.970. The summed E-state index contributed by atoms with van der Waals surface area (Å²) in [4.78, 5) is 5.36. The number of nitrogens with two attached hydrogens (primary N) is 1. The van der Waals surface area contributed by atoms with Crippen LogP contribution in [0, 0.1) is 0 Å². The summed E-state index contributed by atoms with van der Waals surface area (Å²) in [5, 5.41) is 1.63. The summed E-state index contributed by atoms with van der Waals surface area (Å²) in [7, 11) is 0. The lowest BCUT2D eigenvalue weighted by Crippen LogP contribution is -2.05. The van der Waals surface area contributed by atoms with Crippen molar-refractivity contribution in [2.24, 2.45) is 5.73 Å². The fourth-order valence-corrected chi connectivity index (χ4v) is 2.93. The van der Waals surface area contributed by atoms with Crippen LogP contribution in [0.4, 0.5) is 0 Å². The summed E-state index contributed by atoms with van der Waals surface area (Å²) in [5.41, 5.74) is 6.79. The van der Waals surface area contributed by atoms with E-state index in [4.69, 9.17) is 17.3 Å². The maximum Gasteiger partial charge on any atom is 0.101 e. The van der Waals surface area contributed by atoms with Crippen molar-refractivity contribution >= 4 is 39.3 Å². The van der Waals surface area contributed by atoms with E-state index in [1.54, 1.807) is 18.0 Å². The van der Waals surface area contributed by atoms with Crippen LogP contribution in [0.15, 0.2) is 50.9 Å². The largest absolute Gasteiger partial charge is 0.324 e. The van der Waals surface area contributed by atoms with Crippen molar-refractivity contribution in [3.63, 3.8) is 0 Å². The van der Waals surface area contributed by atoms with Gasteiger partial charge in [0.1, 0.15) is 5.03 Å². The van der Waals surface area contributed by atoms with Crippen molar-refractivity contribution < 1.29 is 0 Å². The van der Waals surface area contributed by atoms with E-state index < -0.39 is 0 Å². The summed E-state index contributed by atoms with van der Waals surface area (Å²) in [6, 6.07) is 9.78. The highest BCUT2D eigenvalue weighted by molar-refractivity contribution is 9.10. The molecule has 1 unspecified atom stereocenters. The average Bonchev–Trinajstić information content (AvgIpc) is 2.32. The van der Waals surface area contributed by atoms with Crippen molar-refractivity contribution in [2.45, 2.75) is 22.9 Å². The standard InChI is InChI=1S/C13H12BrClN2S/c1-8(16)11-4-3-10(6-12(11)15)18-13-5-2-9(14)7-17-13/h2-8H,16H2,1H3. The first kappa shape index (κ1) is 13.9. The van der Waals surface area contributed by atoms with Crippen LogP contribution >= 0.6 is 39.3 Å². The molecule has 0 fully saturated rings. The molecule has 0 aliphatic heterocycles. The Balaban J connectivity index is 2.20. The van der Waals surface area contributed by atoms with E-state index in [9.17, 15) is 0 Å². The Morgan fingerprint density at radius 2 is 2.11 bits per heavy atom. The maximum atomic E-state index is 6.19. The Morgan fingerprint density at radius 3 is 2.67 bits per heavy atom. The molecule has 2 nitrogen and oxygen atoms in total. The fraction of sp³-hybridized carbons (Fsp3) is 0.154. The zero-order valence-electron chi connectivity index (χ0n) is 9.73. The van der Waals surface area contributed by atoms with Crippen LogP contribution in [0.25, 0.3) is 0 Å². The summed E-state index contributed by atoms with van der Waals surface area (Å²) in [6.45, 7) is 1.92. The molecule has 0 aliphatic carbocycles. The van der Waals surface area contributed by atoms with Crippen LogP contribution in [0.5, 0.6) is 0 Å². The third-order valence-corrected chi connectivity index (χ3v) is 4.12. The van der Waals surface area contributed by atoms with Crippen LogP contribution in [-0.2, 0) is 0 Å². The first-order valence-electron chi connectivity index (χ1n) is 5.40. The van der Waals surface area contributed by atoms with Gasteiger partial charge >= 0.3 is 0 Å². The molecular formula is C13H12BrClN2S. The van der Waals surface area contributed by atoms with Gasteiger partial charge in [0, 0.05) is 26.6 Å². The molecule has 1 aromatic heterocycles. The van der Waals surface area contributed by atoms with E-state index in [1.165, 1.54) is 0 Å². The molecule has 2 rings (SSSR count). The highest BCUT2D eigenvalue weighted by atomic mass is 79.9. The van der Waals surface area contributed by atoms with Crippen molar-refractivity contribution in [2.75, 3.05) is 0 Å². The molecule has 1 heterocycles. The Labute approximate surface area is 124 Å². The van der Waals surface area contributed by atoms with E-state index in [1.807, 2.05) is 37.3 Å². The Bertz CT molecular complexity index is 543. The van der Waals surface area contributed by atoms with Crippen molar-refractivity contribution in [1.29, 1.82) is 0 Å². The van der Waals surface area contributed by atoms with Gasteiger partial charge in [0.25, 0.3) is 0 Å². The van der Waals surface area contributed by atoms with Crippen molar-refractivity contribution in [3.05, 3.63) is 51.6 Å². The van der Waals surface area contributed by atoms with Crippen molar-refractivity contribution in [1.82, 2.24) is 4.98 Å². The molecule has 5 heteroatoms. The van der Waals surface area contributed by atoms with Gasteiger partial charge in [-0.3, -0.25) is 0 Å². The molecule has 18 heavy (non-hydrogen) atoms. The molecule has 0 aliphatic rings. The molecule has 2 aromatic rings. The first-order valence-corrected chi connectivity index (χ1v) is 7.39. The molecule has 0 bridgehead atoms. The molecule has 0 saturated heterocycles. The third kappa shape index (κ3) is 3.48. The van der Waals surface area contributed by atoms with Gasteiger partial charge in [0.15, 0.2) is 0 Å². The second-order valence-corrected chi connectivity index (χ2v) is 6.31. The van der Waals surface area contributed by atoms with E-state index in [0.717, 1.165) is 20.0 Å². The lowest BCUT2D eigenvalue weighted by molar-refractivity contribution is 0.817. The number of rotatable bonds is 3. The number of aromatic nitrogens is 1. The topological polar surface area (TPSA) is 38.9 Å². The number of benzene rings is 1. The summed E-state index contributed by atoms with van der Waals surface area (Å²) >= 11 is 11.1. The molecule has 94 valence electrons. The van der Waals surface area contributed by atoms with Gasteiger partial charge in [-0.2, -0.15) is 0 Å². The zero-order valence-corrected chi connectivity index (χ0v) is 12.9. The lowest BCUT2D eigenvalue weighted by Gasteiger charge is -2.09. The fourth-order valence-electron chi connectivity index (χ4n) is 1.48. The molecule has 1 atom stereocenters. The smallest absolute Gasteiger partial charge is 0.101 e. The second-order valence-electron chi connectivity index (χ2n) is 3.89. The van der Waals surface area contributed by atoms with E-state index in [0.29, 0.717) is 5.02 Å². The predicted molar refractivity (Wildman–Crippen MR) is 80.1 cm³/mol. The molecule has 2 N–H and O–H groups in total. The number of hydrogen-bond donors (Lipinski definition) is 1. The van der Waals surface area contributed by atoms with Gasteiger partial charge in [0.2, 0.25) is 0 Å². The van der Waals surface area contributed by atoms with Gasteiger partial charge in [-0.25, -0.2) is 4.98 Å². The number of hydrogen-bond acceptors (Lipinski definition) is 3. The van der Waals surface area contributed by atoms with Gasteiger partial charge in [0.05, 0.1) is 0 Å². The van der Waals surface area contributed by atoms with Crippen LogP contribution in [0.3, 0.4) is 0 Å². The van der Waals surface area contributed by atoms with Crippen molar-refractivity contribution in [3.8, 4) is 0 Å². The average molecular weight is 344 g/mol. The van der Waals surface area contributed by atoms with Gasteiger partial charge in [-0.15, -0.1) is 0 Å². The summed E-state index contributed by atoms with van der Waals surface area (Å²) in [5.74, 6) is 0. The number of halogens is 2. The molecule has 0 spiro atoms. The van der Waals surface area contributed by atoms with E-state index >= 15 is 0 Å². The number of nitrogens with zero attached hydrogens (tertiary/aromatic N) is 1. The van der Waals surface area contributed by atoms with Gasteiger partial charge < -0.3 is 5.73 Å². The zero-order chi connectivity index (χ0) is 13.1. The molecule has 0 saturated carbocycles. The Hall–Kier alpha value is -0.550. The van der Waals surface area contributed by atoms with Gasteiger partial charge in [-0.1, -0.05) is 29.4 Å². The lowest BCUT2D eigenvalue weighted by atomic mass is 10.1. The van der Waals surface area contributed by atoms with Crippen LogP contribution in [-0.4, -0.2) is 4.98 Å². The van der Waals surface area contributed by atoms with E-state index in [2.05, 4.69) is 20.9 Å².